The monoisotopic (exact) mass is 350 g/mol. The number of hydrogen-bond donors (Lipinski definition) is 0. The molecule has 1 rings (SSSR count). The van der Waals surface area contributed by atoms with Gasteiger partial charge in [0.2, 0.25) is 0 Å². The van der Waals surface area contributed by atoms with E-state index in [0.717, 1.165) is 15.6 Å². The molecular formula is C12H16Br2O2. The van der Waals surface area contributed by atoms with Gasteiger partial charge in [-0.2, -0.15) is 0 Å². The van der Waals surface area contributed by atoms with Gasteiger partial charge in [-0.3, -0.25) is 0 Å². The van der Waals surface area contributed by atoms with E-state index >= 15 is 0 Å². The Balaban J connectivity index is 0.00000106. The number of rotatable bonds is 2. The molecule has 0 spiro atoms. The van der Waals surface area contributed by atoms with Gasteiger partial charge in [0.15, 0.2) is 0 Å². The van der Waals surface area contributed by atoms with Crippen molar-refractivity contribution in [3.05, 3.63) is 33.3 Å². The van der Waals surface area contributed by atoms with Crippen molar-refractivity contribution in [2.45, 2.75) is 26.1 Å². The molecule has 0 radical (unpaired) electrons. The van der Waals surface area contributed by atoms with Crippen LogP contribution in [-0.4, -0.2) is 13.1 Å². The summed E-state index contributed by atoms with van der Waals surface area (Å²) in [5.41, 5.74) is 2.56. The zero-order valence-corrected chi connectivity index (χ0v) is 13.1. The van der Waals surface area contributed by atoms with Crippen LogP contribution in [0.4, 0.5) is 0 Å². The summed E-state index contributed by atoms with van der Waals surface area (Å²) in [5.74, 6) is -0.302. The zero-order valence-electron chi connectivity index (χ0n) is 9.93. The first-order valence-electron chi connectivity index (χ1n) is 5.03. The quantitative estimate of drug-likeness (QED) is 0.580. The molecule has 0 aromatic heterocycles. The molecule has 0 fully saturated rings. The summed E-state index contributed by atoms with van der Waals surface area (Å²) < 4.78 is 5.63. The Morgan fingerprint density at radius 1 is 1.38 bits per heavy atom. The third-order valence-electron chi connectivity index (χ3n) is 1.88. The smallest absolute Gasteiger partial charge is 0.338 e. The highest BCUT2D eigenvalue weighted by Gasteiger charge is 2.14. The van der Waals surface area contributed by atoms with Crippen LogP contribution in [0.3, 0.4) is 0 Å². The SMILES string of the molecule is CC.COC(=O)c1cc(C)cc(Br)c1CBr. The van der Waals surface area contributed by atoms with Crippen molar-refractivity contribution in [3.8, 4) is 0 Å². The van der Waals surface area contributed by atoms with Gasteiger partial charge < -0.3 is 4.74 Å². The van der Waals surface area contributed by atoms with Crippen molar-refractivity contribution in [3.63, 3.8) is 0 Å². The maximum atomic E-state index is 11.4. The van der Waals surface area contributed by atoms with E-state index < -0.39 is 0 Å². The molecule has 1 aromatic rings. The first-order valence-corrected chi connectivity index (χ1v) is 6.95. The van der Waals surface area contributed by atoms with Gasteiger partial charge in [-0.05, 0) is 30.2 Å². The number of hydrogen-bond acceptors (Lipinski definition) is 2. The molecule has 0 saturated carbocycles. The van der Waals surface area contributed by atoms with Crippen LogP contribution in [0.2, 0.25) is 0 Å². The fraction of sp³-hybridized carbons (Fsp3) is 0.417. The van der Waals surface area contributed by atoms with Crippen molar-refractivity contribution in [1.29, 1.82) is 0 Å². The third-order valence-corrected chi connectivity index (χ3v) is 3.15. The topological polar surface area (TPSA) is 26.3 Å². The van der Waals surface area contributed by atoms with Crippen LogP contribution >= 0.6 is 31.9 Å². The molecular weight excluding hydrogens is 336 g/mol. The summed E-state index contributed by atoms with van der Waals surface area (Å²) in [5, 5.41) is 0.623. The number of carbonyl (C=O) groups excluding carboxylic acids is 1. The molecule has 16 heavy (non-hydrogen) atoms. The number of benzene rings is 1. The van der Waals surface area contributed by atoms with Crippen molar-refractivity contribution in [1.82, 2.24) is 0 Å². The van der Waals surface area contributed by atoms with Gasteiger partial charge in [-0.25, -0.2) is 4.79 Å². The number of aryl methyl sites for hydroxylation is 1. The molecule has 0 saturated heterocycles. The first-order chi connectivity index (χ1) is 7.60. The van der Waals surface area contributed by atoms with Crippen molar-refractivity contribution in [2.75, 3.05) is 7.11 Å². The third kappa shape index (κ3) is 3.91. The average molecular weight is 352 g/mol. The lowest BCUT2D eigenvalue weighted by Gasteiger charge is -2.08. The summed E-state index contributed by atoms with van der Waals surface area (Å²) in [6.07, 6.45) is 0. The van der Waals surface area contributed by atoms with E-state index in [-0.39, 0.29) is 5.97 Å². The molecule has 0 bridgehead atoms. The highest BCUT2D eigenvalue weighted by atomic mass is 79.9. The number of esters is 1. The van der Waals surface area contributed by atoms with Crippen LogP contribution in [0.1, 0.15) is 35.3 Å². The number of methoxy groups -OCH3 is 1. The predicted octanol–water partition coefficient (Wildman–Crippen LogP) is 4.47. The summed E-state index contributed by atoms with van der Waals surface area (Å²) >= 11 is 6.76. The van der Waals surface area contributed by atoms with E-state index in [4.69, 9.17) is 4.74 Å². The van der Waals surface area contributed by atoms with E-state index in [1.807, 2.05) is 32.9 Å². The van der Waals surface area contributed by atoms with E-state index in [0.29, 0.717) is 10.9 Å². The van der Waals surface area contributed by atoms with Crippen molar-refractivity contribution in [2.24, 2.45) is 0 Å². The molecule has 1 aromatic carbocycles. The van der Waals surface area contributed by atoms with Gasteiger partial charge in [-0.1, -0.05) is 45.7 Å². The summed E-state index contributed by atoms with van der Waals surface area (Å²) in [6, 6.07) is 3.80. The van der Waals surface area contributed by atoms with Gasteiger partial charge in [0.25, 0.3) is 0 Å². The second kappa shape index (κ2) is 7.85. The molecule has 0 aliphatic carbocycles. The Morgan fingerprint density at radius 3 is 2.38 bits per heavy atom. The van der Waals surface area contributed by atoms with Crippen LogP contribution in [0.15, 0.2) is 16.6 Å². The molecule has 0 unspecified atom stereocenters. The Morgan fingerprint density at radius 2 is 1.94 bits per heavy atom. The second-order valence-corrected chi connectivity index (χ2v) is 4.31. The maximum absolute atomic E-state index is 11.4. The lowest BCUT2D eigenvalue weighted by molar-refractivity contribution is 0.0599. The molecule has 0 atom stereocenters. The van der Waals surface area contributed by atoms with Crippen LogP contribution in [0.5, 0.6) is 0 Å². The molecule has 0 N–H and O–H groups in total. The molecule has 0 heterocycles. The Hall–Kier alpha value is -0.350. The normalized spacial score (nSPS) is 9.12. The Bertz CT molecular complexity index is 362. The zero-order chi connectivity index (χ0) is 12.7. The van der Waals surface area contributed by atoms with Crippen LogP contribution in [0.25, 0.3) is 0 Å². The minimum Gasteiger partial charge on any atom is -0.465 e. The van der Waals surface area contributed by atoms with Gasteiger partial charge in [0, 0.05) is 9.80 Å². The first kappa shape index (κ1) is 15.7. The molecule has 0 amide bonds. The minimum absolute atomic E-state index is 0.302. The Kier molecular flexibility index (Phi) is 7.68. The molecule has 4 heteroatoms. The summed E-state index contributed by atoms with van der Waals surface area (Å²) in [4.78, 5) is 11.4. The van der Waals surface area contributed by atoms with Crippen LogP contribution in [0, 0.1) is 6.92 Å². The molecule has 90 valence electrons. The Labute approximate surface area is 114 Å². The predicted molar refractivity (Wildman–Crippen MR) is 74.2 cm³/mol. The highest BCUT2D eigenvalue weighted by Crippen LogP contribution is 2.25. The standard InChI is InChI=1S/C10H10Br2O2.C2H6/c1-6-3-7(10(13)14-2)8(5-11)9(12)4-6;1-2/h3-4H,5H2,1-2H3;1-2H3. The highest BCUT2D eigenvalue weighted by molar-refractivity contribution is 9.10. The van der Waals surface area contributed by atoms with Gasteiger partial charge >= 0.3 is 5.97 Å². The molecule has 0 aliphatic heterocycles. The summed E-state index contributed by atoms with van der Waals surface area (Å²) in [6.45, 7) is 5.94. The number of alkyl halides is 1. The largest absolute Gasteiger partial charge is 0.465 e. The van der Waals surface area contributed by atoms with Gasteiger partial charge in [0.05, 0.1) is 12.7 Å². The lowest BCUT2D eigenvalue weighted by atomic mass is 10.1. The lowest BCUT2D eigenvalue weighted by Crippen LogP contribution is -2.06. The fourth-order valence-corrected chi connectivity index (χ4v) is 2.90. The van der Waals surface area contributed by atoms with Gasteiger partial charge in [-0.15, -0.1) is 0 Å². The van der Waals surface area contributed by atoms with Gasteiger partial charge in [0.1, 0.15) is 0 Å². The van der Waals surface area contributed by atoms with E-state index in [1.54, 1.807) is 0 Å². The maximum Gasteiger partial charge on any atom is 0.338 e. The number of halogens is 2. The minimum atomic E-state index is -0.302. The van der Waals surface area contributed by atoms with E-state index in [1.165, 1.54) is 7.11 Å². The van der Waals surface area contributed by atoms with E-state index in [9.17, 15) is 4.79 Å². The number of ether oxygens (including phenoxy) is 1. The average Bonchev–Trinajstić information content (AvgIpc) is 2.29. The van der Waals surface area contributed by atoms with Crippen LogP contribution in [-0.2, 0) is 10.1 Å². The van der Waals surface area contributed by atoms with E-state index in [2.05, 4.69) is 31.9 Å². The molecule has 0 aliphatic rings. The van der Waals surface area contributed by atoms with Crippen LogP contribution < -0.4 is 0 Å². The second-order valence-electron chi connectivity index (χ2n) is 2.90. The molecule has 2 nitrogen and oxygen atoms in total. The van der Waals surface area contributed by atoms with Crippen molar-refractivity contribution < 1.29 is 9.53 Å². The summed E-state index contributed by atoms with van der Waals surface area (Å²) in [7, 11) is 1.39. The van der Waals surface area contributed by atoms with Crippen molar-refractivity contribution >= 4 is 37.8 Å². The fourth-order valence-electron chi connectivity index (χ4n) is 1.20. The number of carbonyl (C=O) groups is 1.